The molecule has 3 aromatic carbocycles. The number of imide groups is 1. The van der Waals surface area contributed by atoms with Crippen LogP contribution in [0.4, 0.5) is 10.5 Å². The Morgan fingerprint density at radius 3 is 2.28 bits per heavy atom. The van der Waals surface area contributed by atoms with Gasteiger partial charge in [0.05, 0.1) is 5.69 Å². The summed E-state index contributed by atoms with van der Waals surface area (Å²) in [6.07, 6.45) is -0.217. The van der Waals surface area contributed by atoms with Crippen LogP contribution in [0.2, 0.25) is 0 Å². The van der Waals surface area contributed by atoms with E-state index in [9.17, 15) is 14.4 Å². The highest BCUT2D eigenvalue weighted by atomic mass is 16.6. The Morgan fingerprint density at radius 2 is 1.59 bits per heavy atom. The van der Waals surface area contributed by atoms with Crippen molar-refractivity contribution >= 4 is 34.2 Å². The van der Waals surface area contributed by atoms with Gasteiger partial charge >= 0.3 is 6.09 Å². The van der Waals surface area contributed by atoms with E-state index in [1.165, 1.54) is 6.92 Å². The second kappa shape index (κ2) is 7.90. The number of carbonyl (C=O) groups is 3. The standard InChI is InChI=1S/C27H27NO4/c1-18(29)15-16-27(21-14-13-19-9-5-6-10-20(19)17-21)22-11-7-8-12-23(22)28(24(27)30)25(31)32-26(2,3)4/h5-14,17H,15-16H2,1-4H3/t27-/m0/s1. The molecule has 5 nitrogen and oxygen atoms in total. The van der Waals surface area contributed by atoms with E-state index < -0.39 is 17.1 Å². The average molecular weight is 430 g/mol. The fourth-order valence-corrected chi connectivity index (χ4v) is 4.42. The Balaban J connectivity index is 1.93. The van der Waals surface area contributed by atoms with E-state index in [-0.39, 0.29) is 24.5 Å². The number of para-hydroxylation sites is 1. The molecule has 4 rings (SSSR count). The van der Waals surface area contributed by atoms with Gasteiger partial charge in [0.25, 0.3) is 5.91 Å². The Kier molecular flexibility index (Phi) is 5.37. The van der Waals surface area contributed by atoms with Crippen molar-refractivity contribution in [2.75, 3.05) is 4.90 Å². The summed E-state index contributed by atoms with van der Waals surface area (Å²) in [5.41, 5.74) is 0.0834. The topological polar surface area (TPSA) is 63.7 Å². The molecule has 0 bridgehead atoms. The molecule has 0 spiro atoms. The van der Waals surface area contributed by atoms with Gasteiger partial charge in [0, 0.05) is 6.42 Å². The number of ketones is 1. The Bertz CT molecular complexity index is 1220. The van der Waals surface area contributed by atoms with Crippen LogP contribution in [0.1, 0.15) is 51.7 Å². The molecule has 0 unspecified atom stereocenters. The molecule has 1 atom stereocenters. The number of anilines is 1. The number of benzene rings is 3. The third-order valence-corrected chi connectivity index (χ3v) is 5.84. The normalized spacial score (nSPS) is 18.0. The Labute approximate surface area is 188 Å². The van der Waals surface area contributed by atoms with Crippen LogP contribution in [0.15, 0.2) is 66.7 Å². The highest BCUT2D eigenvalue weighted by Crippen LogP contribution is 2.49. The van der Waals surface area contributed by atoms with Crippen molar-refractivity contribution in [3.05, 3.63) is 77.9 Å². The lowest BCUT2D eigenvalue weighted by molar-refractivity contribution is -0.122. The minimum absolute atomic E-state index is 0.00818. The second-order valence-electron chi connectivity index (χ2n) is 9.31. The van der Waals surface area contributed by atoms with Crippen LogP contribution in [0.25, 0.3) is 10.8 Å². The number of nitrogens with zero attached hydrogens (tertiary/aromatic N) is 1. The molecule has 0 aromatic heterocycles. The monoisotopic (exact) mass is 429 g/mol. The number of carbonyl (C=O) groups excluding carboxylic acids is 3. The Morgan fingerprint density at radius 1 is 0.938 bits per heavy atom. The van der Waals surface area contributed by atoms with Crippen molar-refractivity contribution in [1.29, 1.82) is 0 Å². The van der Waals surface area contributed by atoms with Crippen LogP contribution >= 0.6 is 0 Å². The average Bonchev–Trinajstić information content (AvgIpc) is 2.99. The number of amides is 2. The molecule has 0 aliphatic carbocycles. The quantitative estimate of drug-likeness (QED) is 0.528. The van der Waals surface area contributed by atoms with E-state index in [1.54, 1.807) is 32.9 Å². The minimum atomic E-state index is -1.15. The van der Waals surface area contributed by atoms with Gasteiger partial charge in [-0.25, -0.2) is 9.69 Å². The van der Waals surface area contributed by atoms with Gasteiger partial charge in [-0.1, -0.05) is 54.6 Å². The summed E-state index contributed by atoms with van der Waals surface area (Å²) in [7, 11) is 0. The van der Waals surface area contributed by atoms with Gasteiger partial charge in [0.1, 0.15) is 16.8 Å². The number of fused-ring (bicyclic) bond motifs is 2. The maximum Gasteiger partial charge on any atom is 0.421 e. The maximum absolute atomic E-state index is 14.1. The molecule has 0 radical (unpaired) electrons. The molecule has 0 fully saturated rings. The molecule has 2 amide bonds. The first kappa shape index (κ1) is 21.8. The van der Waals surface area contributed by atoms with Crippen molar-refractivity contribution in [1.82, 2.24) is 0 Å². The van der Waals surface area contributed by atoms with Gasteiger partial charge in [-0.3, -0.25) is 4.79 Å². The third kappa shape index (κ3) is 3.68. The van der Waals surface area contributed by atoms with Gasteiger partial charge in [0.2, 0.25) is 0 Å². The van der Waals surface area contributed by atoms with Crippen molar-refractivity contribution in [2.45, 2.75) is 51.6 Å². The first-order valence-corrected chi connectivity index (χ1v) is 10.8. The predicted molar refractivity (Wildman–Crippen MR) is 125 cm³/mol. The predicted octanol–water partition coefficient (Wildman–Crippen LogP) is 5.78. The van der Waals surface area contributed by atoms with Crippen LogP contribution in [0.5, 0.6) is 0 Å². The second-order valence-corrected chi connectivity index (χ2v) is 9.31. The molecule has 0 N–H and O–H groups in total. The summed E-state index contributed by atoms with van der Waals surface area (Å²) < 4.78 is 5.57. The van der Waals surface area contributed by atoms with E-state index in [0.29, 0.717) is 11.3 Å². The zero-order chi connectivity index (χ0) is 23.1. The lowest BCUT2D eigenvalue weighted by atomic mass is 9.71. The molecule has 5 heteroatoms. The van der Waals surface area contributed by atoms with E-state index in [2.05, 4.69) is 0 Å². The first-order valence-electron chi connectivity index (χ1n) is 10.8. The fraction of sp³-hybridized carbons (Fsp3) is 0.296. The van der Waals surface area contributed by atoms with Gasteiger partial charge in [-0.2, -0.15) is 0 Å². The minimum Gasteiger partial charge on any atom is -0.443 e. The van der Waals surface area contributed by atoms with Crippen LogP contribution in [0, 0.1) is 0 Å². The number of Topliss-reactive ketones (excluding diaryl/α,β-unsaturated/α-hetero) is 1. The Hall–Kier alpha value is -3.47. The van der Waals surface area contributed by atoms with Crippen LogP contribution in [-0.4, -0.2) is 23.4 Å². The van der Waals surface area contributed by atoms with E-state index in [0.717, 1.165) is 21.2 Å². The van der Waals surface area contributed by atoms with Crippen molar-refractivity contribution in [3.63, 3.8) is 0 Å². The lowest BCUT2D eigenvalue weighted by Gasteiger charge is -2.30. The molecule has 3 aromatic rings. The molecule has 0 saturated carbocycles. The summed E-state index contributed by atoms with van der Waals surface area (Å²) >= 11 is 0. The number of hydrogen-bond donors (Lipinski definition) is 0. The summed E-state index contributed by atoms with van der Waals surface area (Å²) in [5, 5.41) is 2.05. The van der Waals surface area contributed by atoms with Crippen molar-refractivity contribution < 1.29 is 19.1 Å². The smallest absolute Gasteiger partial charge is 0.421 e. The maximum atomic E-state index is 14.1. The van der Waals surface area contributed by atoms with Crippen LogP contribution < -0.4 is 4.90 Å². The molecule has 164 valence electrons. The van der Waals surface area contributed by atoms with Crippen LogP contribution in [0.3, 0.4) is 0 Å². The summed E-state index contributed by atoms with van der Waals surface area (Å²) in [5.74, 6) is -0.393. The number of hydrogen-bond acceptors (Lipinski definition) is 4. The SMILES string of the molecule is CC(=O)CC[C@@]1(c2ccc3ccccc3c2)C(=O)N(C(=O)OC(C)(C)C)c2ccccc21. The van der Waals surface area contributed by atoms with Crippen molar-refractivity contribution in [2.24, 2.45) is 0 Å². The fourth-order valence-electron chi connectivity index (χ4n) is 4.42. The molecule has 0 saturated heterocycles. The number of ether oxygens (including phenoxy) is 1. The molecular formula is C27H27NO4. The lowest BCUT2D eigenvalue weighted by Crippen LogP contribution is -2.46. The summed E-state index contributed by atoms with van der Waals surface area (Å²) in [6.45, 7) is 6.82. The summed E-state index contributed by atoms with van der Waals surface area (Å²) in [6, 6.07) is 21.1. The third-order valence-electron chi connectivity index (χ3n) is 5.84. The van der Waals surface area contributed by atoms with Crippen molar-refractivity contribution in [3.8, 4) is 0 Å². The summed E-state index contributed by atoms with van der Waals surface area (Å²) in [4.78, 5) is 40.3. The van der Waals surface area contributed by atoms with Gasteiger partial charge in [-0.05, 0) is 68.1 Å². The van der Waals surface area contributed by atoms with E-state index in [4.69, 9.17) is 4.74 Å². The van der Waals surface area contributed by atoms with E-state index in [1.807, 2.05) is 54.6 Å². The van der Waals surface area contributed by atoms with Crippen LogP contribution in [-0.2, 0) is 19.7 Å². The molecule has 1 heterocycles. The van der Waals surface area contributed by atoms with Gasteiger partial charge in [-0.15, -0.1) is 0 Å². The van der Waals surface area contributed by atoms with Gasteiger partial charge < -0.3 is 9.53 Å². The molecule has 1 aliphatic rings. The zero-order valence-electron chi connectivity index (χ0n) is 18.8. The van der Waals surface area contributed by atoms with E-state index >= 15 is 0 Å². The number of rotatable bonds is 4. The molecular weight excluding hydrogens is 402 g/mol. The van der Waals surface area contributed by atoms with Gasteiger partial charge in [0.15, 0.2) is 0 Å². The molecule has 1 aliphatic heterocycles. The largest absolute Gasteiger partial charge is 0.443 e. The highest BCUT2D eigenvalue weighted by Gasteiger charge is 2.54. The zero-order valence-corrected chi connectivity index (χ0v) is 18.8. The molecule has 32 heavy (non-hydrogen) atoms. The first-order chi connectivity index (χ1) is 15.1. The highest BCUT2D eigenvalue weighted by molar-refractivity contribution is 6.22.